The van der Waals surface area contributed by atoms with Crippen molar-refractivity contribution in [1.29, 1.82) is 0 Å². The van der Waals surface area contributed by atoms with Crippen LogP contribution in [0.1, 0.15) is 0 Å². The van der Waals surface area contributed by atoms with Gasteiger partial charge in [-0.3, -0.25) is 4.79 Å². The molecule has 0 aliphatic heterocycles. The summed E-state index contributed by atoms with van der Waals surface area (Å²) in [5.74, 6) is 0. The van der Waals surface area contributed by atoms with E-state index in [1.54, 1.807) is 12.1 Å². The van der Waals surface area contributed by atoms with Gasteiger partial charge >= 0.3 is 0 Å². The summed E-state index contributed by atoms with van der Waals surface area (Å²) in [6.07, 6.45) is 0. The van der Waals surface area contributed by atoms with Crippen LogP contribution in [-0.2, 0) is 0 Å². The van der Waals surface area contributed by atoms with E-state index in [1.165, 1.54) is 0 Å². The molecule has 0 saturated heterocycles. The van der Waals surface area contributed by atoms with Crippen molar-refractivity contribution in [2.75, 3.05) is 0 Å². The predicted octanol–water partition coefficient (Wildman–Crippen LogP) is 1.08. The molecule has 12 heavy (non-hydrogen) atoms. The Hall–Kier alpha value is -1.23. The minimum atomic E-state index is -0.221. The summed E-state index contributed by atoms with van der Waals surface area (Å²) in [7, 11) is 0. The standard InChI is InChI=1S/C7H4BrN3O/c8-4-1-2-6-5(3-4)7(12)10-11-9-6/h1-3H,(H,9,10,12). The van der Waals surface area contributed by atoms with Gasteiger partial charge in [-0.25, -0.2) is 5.10 Å². The Morgan fingerprint density at radius 2 is 2.25 bits per heavy atom. The molecule has 5 heteroatoms. The van der Waals surface area contributed by atoms with E-state index in [9.17, 15) is 4.79 Å². The number of hydrogen-bond acceptors (Lipinski definition) is 3. The van der Waals surface area contributed by atoms with Crippen molar-refractivity contribution in [2.24, 2.45) is 0 Å². The molecule has 1 heterocycles. The van der Waals surface area contributed by atoms with Gasteiger partial charge in [-0.2, -0.15) is 0 Å². The lowest BCUT2D eigenvalue weighted by molar-refractivity contribution is 0.872. The number of rotatable bonds is 0. The Kier molecular flexibility index (Phi) is 1.65. The Morgan fingerprint density at radius 3 is 3.08 bits per heavy atom. The van der Waals surface area contributed by atoms with Gasteiger partial charge < -0.3 is 0 Å². The molecule has 0 radical (unpaired) electrons. The lowest BCUT2D eigenvalue weighted by atomic mass is 10.2. The highest BCUT2D eigenvalue weighted by molar-refractivity contribution is 9.10. The molecule has 0 aliphatic carbocycles. The molecule has 0 aliphatic rings. The average Bonchev–Trinajstić information content (AvgIpc) is 2.07. The summed E-state index contributed by atoms with van der Waals surface area (Å²) in [5.41, 5.74) is 0.378. The van der Waals surface area contributed by atoms with Crippen LogP contribution in [0.4, 0.5) is 0 Å². The first-order valence-corrected chi connectivity index (χ1v) is 4.07. The normalized spacial score (nSPS) is 10.4. The van der Waals surface area contributed by atoms with Crippen LogP contribution in [0.5, 0.6) is 0 Å². The van der Waals surface area contributed by atoms with Gasteiger partial charge in [-0.1, -0.05) is 21.1 Å². The number of benzene rings is 1. The lowest BCUT2D eigenvalue weighted by Gasteiger charge is -1.93. The van der Waals surface area contributed by atoms with E-state index in [1.807, 2.05) is 6.07 Å². The summed E-state index contributed by atoms with van der Waals surface area (Å²) in [5, 5.41) is 10.0. The largest absolute Gasteiger partial charge is 0.275 e. The first-order valence-electron chi connectivity index (χ1n) is 3.28. The number of nitrogens with one attached hydrogen (secondary N) is 1. The molecule has 0 atom stereocenters. The van der Waals surface area contributed by atoms with Gasteiger partial charge in [0.25, 0.3) is 5.56 Å². The summed E-state index contributed by atoms with van der Waals surface area (Å²) in [6.45, 7) is 0. The summed E-state index contributed by atoms with van der Waals surface area (Å²) < 4.78 is 0.855. The van der Waals surface area contributed by atoms with Crippen LogP contribution >= 0.6 is 15.9 Å². The smallest absolute Gasteiger partial charge is 0.267 e. The molecule has 4 nitrogen and oxygen atoms in total. The zero-order valence-electron chi connectivity index (χ0n) is 5.91. The molecule has 0 bridgehead atoms. The van der Waals surface area contributed by atoms with Crippen molar-refractivity contribution in [3.05, 3.63) is 33.0 Å². The average molecular weight is 226 g/mol. The van der Waals surface area contributed by atoms with Crippen LogP contribution in [-0.4, -0.2) is 15.4 Å². The highest BCUT2D eigenvalue weighted by Gasteiger charge is 1.99. The molecule has 1 aromatic carbocycles. The number of H-pyrrole nitrogens is 1. The van der Waals surface area contributed by atoms with Crippen molar-refractivity contribution >= 4 is 26.8 Å². The molecular weight excluding hydrogens is 222 g/mol. The quantitative estimate of drug-likeness (QED) is 0.731. The fraction of sp³-hybridized carbons (Fsp3) is 0. The number of aromatic nitrogens is 3. The summed E-state index contributed by atoms with van der Waals surface area (Å²) >= 11 is 3.27. The molecule has 0 fully saturated rings. The Morgan fingerprint density at radius 1 is 1.42 bits per heavy atom. The second kappa shape index (κ2) is 2.67. The van der Waals surface area contributed by atoms with E-state index in [2.05, 4.69) is 31.3 Å². The third-order valence-electron chi connectivity index (χ3n) is 1.51. The zero-order chi connectivity index (χ0) is 8.55. The van der Waals surface area contributed by atoms with Gasteiger partial charge in [-0.15, -0.1) is 5.10 Å². The summed E-state index contributed by atoms with van der Waals surface area (Å²) in [4.78, 5) is 11.2. The molecule has 2 aromatic rings. The third-order valence-corrected chi connectivity index (χ3v) is 2.01. The molecule has 0 unspecified atom stereocenters. The van der Waals surface area contributed by atoms with Crippen molar-refractivity contribution in [3.8, 4) is 0 Å². The van der Waals surface area contributed by atoms with Crippen molar-refractivity contribution in [2.45, 2.75) is 0 Å². The van der Waals surface area contributed by atoms with Crippen LogP contribution in [0.25, 0.3) is 10.9 Å². The number of halogens is 1. The highest BCUT2D eigenvalue weighted by Crippen LogP contribution is 2.13. The van der Waals surface area contributed by atoms with E-state index in [0.29, 0.717) is 10.9 Å². The van der Waals surface area contributed by atoms with Gasteiger partial charge in [0.2, 0.25) is 0 Å². The van der Waals surface area contributed by atoms with E-state index >= 15 is 0 Å². The van der Waals surface area contributed by atoms with Crippen molar-refractivity contribution in [1.82, 2.24) is 15.4 Å². The highest BCUT2D eigenvalue weighted by atomic mass is 79.9. The minimum Gasteiger partial charge on any atom is -0.267 e. The van der Waals surface area contributed by atoms with Crippen molar-refractivity contribution in [3.63, 3.8) is 0 Å². The maximum Gasteiger partial charge on any atom is 0.275 e. The Labute approximate surface area is 75.7 Å². The topological polar surface area (TPSA) is 58.6 Å². The fourth-order valence-corrected chi connectivity index (χ4v) is 1.32. The van der Waals surface area contributed by atoms with Crippen LogP contribution in [0.3, 0.4) is 0 Å². The van der Waals surface area contributed by atoms with Gasteiger partial charge in [0.1, 0.15) is 5.52 Å². The first kappa shape index (κ1) is 7.42. The molecule has 60 valence electrons. The van der Waals surface area contributed by atoms with Gasteiger partial charge in [0.15, 0.2) is 0 Å². The molecule has 0 amide bonds. The fourth-order valence-electron chi connectivity index (χ4n) is 0.962. The Bertz CT molecular complexity index is 479. The minimum absolute atomic E-state index is 0.221. The molecule has 1 aromatic heterocycles. The Balaban J connectivity index is 2.98. The monoisotopic (exact) mass is 225 g/mol. The maximum absolute atomic E-state index is 11.2. The second-order valence-corrected chi connectivity index (χ2v) is 3.22. The van der Waals surface area contributed by atoms with Gasteiger partial charge in [0.05, 0.1) is 5.39 Å². The second-order valence-electron chi connectivity index (χ2n) is 2.30. The molecule has 2 rings (SSSR count). The van der Waals surface area contributed by atoms with E-state index in [0.717, 1.165) is 4.47 Å². The number of nitrogens with zero attached hydrogens (tertiary/aromatic N) is 2. The molecule has 1 N–H and O–H groups in total. The van der Waals surface area contributed by atoms with E-state index in [-0.39, 0.29) is 5.56 Å². The lowest BCUT2D eigenvalue weighted by Crippen LogP contribution is -2.09. The van der Waals surface area contributed by atoms with Crippen LogP contribution < -0.4 is 5.56 Å². The number of fused-ring (bicyclic) bond motifs is 1. The predicted molar refractivity (Wildman–Crippen MR) is 47.9 cm³/mol. The number of hydrogen-bond donors (Lipinski definition) is 1. The summed E-state index contributed by atoms with van der Waals surface area (Å²) in [6, 6.07) is 5.26. The van der Waals surface area contributed by atoms with E-state index in [4.69, 9.17) is 0 Å². The first-order chi connectivity index (χ1) is 5.77. The maximum atomic E-state index is 11.2. The third kappa shape index (κ3) is 1.12. The van der Waals surface area contributed by atoms with Gasteiger partial charge in [0, 0.05) is 4.47 Å². The molecule has 0 spiro atoms. The van der Waals surface area contributed by atoms with Crippen LogP contribution in [0.2, 0.25) is 0 Å². The van der Waals surface area contributed by atoms with Crippen LogP contribution in [0.15, 0.2) is 27.5 Å². The number of aromatic amines is 1. The SMILES string of the molecule is O=c1[nH]nnc2ccc(Br)cc12. The molecule has 0 saturated carbocycles. The van der Waals surface area contributed by atoms with Crippen LogP contribution in [0, 0.1) is 0 Å². The zero-order valence-corrected chi connectivity index (χ0v) is 7.50. The van der Waals surface area contributed by atoms with Gasteiger partial charge in [-0.05, 0) is 18.2 Å². The van der Waals surface area contributed by atoms with Crippen molar-refractivity contribution < 1.29 is 0 Å². The molecular formula is C7H4BrN3O. The van der Waals surface area contributed by atoms with E-state index < -0.39 is 0 Å².